The summed E-state index contributed by atoms with van der Waals surface area (Å²) in [5.41, 5.74) is 3.63. The maximum atomic E-state index is 12.2. The number of benzene rings is 1. The number of nitrogens with one attached hydrogen (secondary N) is 2. The smallest absolute Gasteiger partial charge is 0.326 e. The first-order valence-corrected chi connectivity index (χ1v) is 14.3. The number of ether oxygens (including phenoxy) is 1. The number of aromatic nitrogens is 5. The predicted octanol–water partition coefficient (Wildman–Crippen LogP) is 3.78. The van der Waals surface area contributed by atoms with Crippen molar-refractivity contribution >= 4 is 28.6 Å². The molecule has 1 aromatic carbocycles. The number of carbonyl (C=O) groups is 1. The number of para-hydroxylation sites is 1. The van der Waals surface area contributed by atoms with Crippen LogP contribution < -0.4 is 15.4 Å². The van der Waals surface area contributed by atoms with E-state index in [9.17, 15) is 9.90 Å². The summed E-state index contributed by atoms with van der Waals surface area (Å²) in [5.74, 6) is 1.36. The Morgan fingerprint density at radius 1 is 1.15 bits per heavy atom. The topological polar surface area (TPSA) is 130 Å². The van der Waals surface area contributed by atoms with Gasteiger partial charge in [-0.05, 0) is 68.8 Å². The zero-order valence-corrected chi connectivity index (χ0v) is 23.5. The summed E-state index contributed by atoms with van der Waals surface area (Å²) in [6.07, 6.45) is 8.74. The molecule has 216 valence electrons. The number of rotatable bonds is 15. The van der Waals surface area contributed by atoms with E-state index in [1.54, 1.807) is 17.9 Å². The monoisotopic (exact) mass is 558 g/mol. The summed E-state index contributed by atoms with van der Waals surface area (Å²) in [4.78, 5) is 27.8. The summed E-state index contributed by atoms with van der Waals surface area (Å²) in [6.45, 7) is 3.64. The van der Waals surface area contributed by atoms with E-state index in [2.05, 4.69) is 42.7 Å². The number of anilines is 2. The van der Waals surface area contributed by atoms with Gasteiger partial charge in [0.25, 0.3) is 0 Å². The van der Waals surface area contributed by atoms with Crippen LogP contribution in [0.3, 0.4) is 0 Å². The first kappa shape index (κ1) is 28.3. The van der Waals surface area contributed by atoms with E-state index in [1.165, 1.54) is 11.9 Å². The van der Waals surface area contributed by atoms with Gasteiger partial charge in [0.15, 0.2) is 11.3 Å². The van der Waals surface area contributed by atoms with Gasteiger partial charge in [-0.25, -0.2) is 19.7 Å². The van der Waals surface area contributed by atoms with Gasteiger partial charge in [-0.2, -0.15) is 5.10 Å². The van der Waals surface area contributed by atoms with E-state index >= 15 is 0 Å². The Balaban J connectivity index is 1.17. The van der Waals surface area contributed by atoms with Crippen LogP contribution in [-0.2, 0) is 24.7 Å². The molecule has 4 heterocycles. The Kier molecular flexibility index (Phi) is 9.58. The maximum Gasteiger partial charge on any atom is 0.326 e. The van der Waals surface area contributed by atoms with Gasteiger partial charge in [-0.15, -0.1) is 0 Å². The van der Waals surface area contributed by atoms with Crippen LogP contribution in [-0.4, -0.2) is 79.5 Å². The summed E-state index contributed by atoms with van der Waals surface area (Å²) in [7, 11) is 1.80. The minimum atomic E-state index is -0.930. The fraction of sp³-hybridized carbons (Fsp3) is 0.433. The van der Waals surface area contributed by atoms with Crippen molar-refractivity contribution in [2.75, 3.05) is 43.4 Å². The lowest BCUT2D eigenvalue weighted by Gasteiger charge is -2.24. The standard InChI is InChI=1S/C30H38N8O3/c1-37-20-26-27(36-37)29(33-21-32-26)35-25(30(39)40)14-17-38(18-19-41-24-10-3-2-4-11-24)16-6-5-9-23-13-12-22-8-7-15-31-28(22)34-23/h2-4,10-13,20-21,25H,5-9,14-19H2,1H3,(H,31,34)(H,39,40)(H,32,33,35)/t25-/m0/s1. The number of fused-ring (bicyclic) bond motifs is 2. The van der Waals surface area contributed by atoms with Crippen molar-refractivity contribution in [3.05, 3.63) is 66.2 Å². The highest BCUT2D eigenvalue weighted by molar-refractivity contribution is 5.87. The molecular formula is C30H38N8O3. The molecule has 0 saturated heterocycles. The number of aryl methyl sites for hydroxylation is 3. The van der Waals surface area contributed by atoms with Gasteiger partial charge in [-0.3, -0.25) is 9.58 Å². The Labute approximate surface area is 240 Å². The van der Waals surface area contributed by atoms with E-state index in [1.807, 2.05) is 30.3 Å². The third-order valence-electron chi connectivity index (χ3n) is 7.29. The molecule has 1 aliphatic rings. The summed E-state index contributed by atoms with van der Waals surface area (Å²) < 4.78 is 7.59. The fourth-order valence-electron chi connectivity index (χ4n) is 5.08. The van der Waals surface area contributed by atoms with Gasteiger partial charge in [0.2, 0.25) is 0 Å². The average molecular weight is 559 g/mol. The Bertz CT molecular complexity index is 1430. The molecule has 0 spiro atoms. The molecule has 0 unspecified atom stereocenters. The molecule has 0 fully saturated rings. The van der Waals surface area contributed by atoms with Crippen LogP contribution in [0.5, 0.6) is 5.75 Å². The number of carboxylic acids is 1. The number of hydrogen-bond acceptors (Lipinski definition) is 9. The number of hydrogen-bond donors (Lipinski definition) is 3. The van der Waals surface area contributed by atoms with Gasteiger partial charge < -0.3 is 20.5 Å². The second-order valence-electron chi connectivity index (χ2n) is 10.4. The first-order valence-electron chi connectivity index (χ1n) is 14.3. The molecule has 3 N–H and O–H groups in total. The lowest BCUT2D eigenvalue weighted by atomic mass is 10.1. The lowest BCUT2D eigenvalue weighted by Crippen LogP contribution is -2.37. The molecule has 1 atom stereocenters. The highest BCUT2D eigenvalue weighted by atomic mass is 16.5. The van der Waals surface area contributed by atoms with E-state index < -0.39 is 12.0 Å². The Hall–Kier alpha value is -4.25. The molecule has 0 bridgehead atoms. The predicted molar refractivity (Wildman–Crippen MR) is 158 cm³/mol. The molecule has 1 aliphatic heterocycles. The van der Waals surface area contributed by atoms with Crippen LogP contribution >= 0.6 is 0 Å². The van der Waals surface area contributed by atoms with Crippen molar-refractivity contribution in [1.29, 1.82) is 0 Å². The second-order valence-corrected chi connectivity index (χ2v) is 10.4. The third-order valence-corrected chi connectivity index (χ3v) is 7.29. The van der Waals surface area contributed by atoms with Crippen LogP contribution in [0.1, 0.15) is 36.9 Å². The molecule has 0 radical (unpaired) electrons. The van der Waals surface area contributed by atoms with Gasteiger partial charge >= 0.3 is 5.97 Å². The van der Waals surface area contributed by atoms with Crippen LogP contribution in [0, 0.1) is 0 Å². The molecule has 11 heteroatoms. The highest BCUT2D eigenvalue weighted by Crippen LogP contribution is 2.21. The minimum Gasteiger partial charge on any atom is -0.492 e. The first-order chi connectivity index (χ1) is 20.0. The molecule has 4 aromatic rings. The molecule has 5 rings (SSSR count). The summed E-state index contributed by atoms with van der Waals surface area (Å²) in [6, 6.07) is 13.3. The Morgan fingerprint density at radius 3 is 2.88 bits per heavy atom. The number of nitrogens with zero attached hydrogens (tertiary/aromatic N) is 6. The zero-order chi connectivity index (χ0) is 28.4. The average Bonchev–Trinajstić information content (AvgIpc) is 3.38. The van der Waals surface area contributed by atoms with E-state index in [0.717, 1.165) is 62.5 Å². The van der Waals surface area contributed by atoms with Crippen molar-refractivity contribution in [1.82, 2.24) is 29.6 Å². The normalized spacial score (nSPS) is 13.5. The van der Waals surface area contributed by atoms with Crippen molar-refractivity contribution in [2.45, 2.75) is 44.6 Å². The molecular weight excluding hydrogens is 520 g/mol. The van der Waals surface area contributed by atoms with Crippen molar-refractivity contribution in [3.63, 3.8) is 0 Å². The van der Waals surface area contributed by atoms with Gasteiger partial charge in [0.1, 0.15) is 36.1 Å². The minimum absolute atomic E-state index is 0.400. The van der Waals surface area contributed by atoms with E-state index in [-0.39, 0.29) is 0 Å². The zero-order valence-electron chi connectivity index (χ0n) is 23.5. The van der Waals surface area contributed by atoms with Crippen molar-refractivity contribution in [3.8, 4) is 5.75 Å². The Morgan fingerprint density at radius 2 is 2.02 bits per heavy atom. The van der Waals surface area contributed by atoms with Crippen molar-refractivity contribution in [2.24, 2.45) is 7.05 Å². The number of carboxylic acid groups (broad SMARTS) is 1. The SMILES string of the molecule is Cn1cc2ncnc(N[C@@H](CCN(CCCCc3ccc4c(n3)NCCC4)CCOc3ccccc3)C(=O)O)c2n1. The molecule has 3 aromatic heterocycles. The molecule has 0 amide bonds. The van der Waals surface area contributed by atoms with Crippen LogP contribution in [0.2, 0.25) is 0 Å². The van der Waals surface area contributed by atoms with Crippen LogP contribution in [0.4, 0.5) is 11.6 Å². The second kappa shape index (κ2) is 13.9. The van der Waals surface area contributed by atoms with Gasteiger partial charge in [0, 0.05) is 32.4 Å². The number of unbranched alkanes of at least 4 members (excludes halogenated alkanes) is 1. The van der Waals surface area contributed by atoms with Crippen LogP contribution in [0.15, 0.2) is 55.0 Å². The quantitative estimate of drug-likeness (QED) is 0.185. The van der Waals surface area contributed by atoms with Gasteiger partial charge in [0.05, 0.1) is 6.20 Å². The molecule has 11 nitrogen and oxygen atoms in total. The van der Waals surface area contributed by atoms with E-state index in [4.69, 9.17) is 9.72 Å². The molecule has 0 aliphatic carbocycles. The summed E-state index contributed by atoms with van der Waals surface area (Å²) >= 11 is 0. The van der Waals surface area contributed by atoms with Crippen molar-refractivity contribution < 1.29 is 14.6 Å². The number of pyridine rings is 1. The molecule has 41 heavy (non-hydrogen) atoms. The summed E-state index contributed by atoms with van der Waals surface area (Å²) in [5, 5.41) is 20.9. The van der Waals surface area contributed by atoms with Crippen LogP contribution in [0.25, 0.3) is 11.0 Å². The fourth-order valence-corrected chi connectivity index (χ4v) is 5.08. The number of aliphatic carboxylic acids is 1. The lowest BCUT2D eigenvalue weighted by molar-refractivity contribution is -0.138. The maximum absolute atomic E-state index is 12.2. The third kappa shape index (κ3) is 7.91. The van der Waals surface area contributed by atoms with E-state index in [0.29, 0.717) is 43.0 Å². The largest absolute Gasteiger partial charge is 0.492 e. The van der Waals surface area contributed by atoms with Gasteiger partial charge in [-0.1, -0.05) is 24.3 Å². The molecule has 0 saturated carbocycles. The highest BCUT2D eigenvalue weighted by Gasteiger charge is 2.21.